The van der Waals surface area contributed by atoms with E-state index in [1.54, 1.807) is 13.2 Å². The minimum absolute atomic E-state index is 0.00119. The smallest absolute Gasteiger partial charge is 0.371 e. The Labute approximate surface area is 113 Å². The summed E-state index contributed by atoms with van der Waals surface area (Å²) >= 11 is 0. The molecule has 0 amide bonds. The van der Waals surface area contributed by atoms with Gasteiger partial charge in [-0.15, -0.1) is 0 Å². The fraction of sp³-hybridized carbons (Fsp3) is 0.643. The van der Waals surface area contributed by atoms with Crippen LogP contribution in [0.5, 0.6) is 0 Å². The molecule has 0 spiro atoms. The molecule has 0 radical (unpaired) electrons. The van der Waals surface area contributed by atoms with Crippen LogP contribution in [-0.4, -0.2) is 41.8 Å². The van der Waals surface area contributed by atoms with Gasteiger partial charge in [0.2, 0.25) is 5.76 Å². The van der Waals surface area contributed by atoms with Gasteiger partial charge < -0.3 is 14.3 Å². The molecule has 5 heteroatoms. The normalized spacial score (nSPS) is 26.3. The highest BCUT2D eigenvalue weighted by Crippen LogP contribution is 2.30. The molecule has 1 aromatic heterocycles. The number of likely N-dealkylation sites (tertiary alicyclic amines) is 1. The second-order valence-electron chi connectivity index (χ2n) is 5.15. The van der Waals surface area contributed by atoms with Crippen LogP contribution in [0.25, 0.3) is 0 Å². The molecule has 2 rings (SSSR count). The summed E-state index contributed by atoms with van der Waals surface area (Å²) in [7, 11) is 1.75. The third kappa shape index (κ3) is 2.98. The van der Waals surface area contributed by atoms with Gasteiger partial charge >= 0.3 is 5.97 Å². The Morgan fingerprint density at radius 2 is 2.32 bits per heavy atom. The van der Waals surface area contributed by atoms with Crippen molar-refractivity contribution in [1.29, 1.82) is 0 Å². The zero-order valence-electron chi connectivity index (χ0n) is 11.6. The summed E-state index contributed by atoms with van der Waals surface area (Å²) in [6.07, 6.45) is 2.31. The molecule has 1 aliphatic heterocycles. The highest BCUT2D eigenvalue weighted by atomic mass is 16.5. The first-order valence-electron chi connectivity index (χ1n) is 6.64. The predicted octanol–water partition coefficient (Wildman–Crippen LogP) is 2.54. The summed E-state index contributed by atoms with van der Waals surface area (Å²) in [5.41, 5.74) is 0. The molecule has 1 aromatic rings. The largest absolute Gasteiger partial charge is 0.475 e. The van der Waals surface area contributed by atoms with Crippen LogP contribution in [-0.2, 0) is 4.74 Å². The van der Waals surface area contributed by atoms with Crippen molar-refractivity contribution < 1.29 is 19.1 Å². The van der Waals surface area contributed by atoms with E-state index in [1.165, 1.54) is 6.07 Å². The molecule has 106 valence electrons. The second kappa shape index (κ2) is 5.75. The molecule has 0 bridgehead atoms. The number of methoxy groups -OCH3 is 1. The summed E-state index contributed by atoms with van der Waals surface area (Å²) in [5.74, 6) is -0.314. The zero-order chi connectivity index (χ0) is 14.0. The highest BCUT2D eigenvalue weighted by Gasteiger charge is 2.30. The summed E-state index contributed by atoms with van der Waals surface area (Å²) in [5, 5.41) is 8.89. The molecule has 1 N–H and O–H groups in total. The minimum atomic E-state index is -1.02. The van der Waals surface area contributed by atoms with E-state index in [-0.39, 0.29) is 11.8 Å². The van der Waals surface area contributed by atoms with E-state index in [0.29, 0.717) is 17.9 Å². The number of aromatic carboxylic acids is 1. The van der Waals surface area contributed by atoms with Crippen molar-refractivity contribution >= 4 is 5.97 Å². The van der Waals surface area contributed by atoms with Gasteiger partial charge in [0.05, 0.1) is 12.1 Å². The zero-order valence-corrected chi connectivity index (χ0v) is 11.6. The SMILES string of the molecule is COC1CCN(C(C)c2ccc(C(=O)O)o2)C(C)C1. The van der Waals surface area contributed by atoms with Gasteiger partial charge in [0.15, 0.2) is 0 Å². The van der Waals surface area contributed by atoms with Crippen molar-refractivity contribution in [2.24, 2.45) is 0 Å². The number of hydrogen-bond acceptors (Lipinski definition) is 4. The molecule has 5 nitrogen and oxygen atoms in total. The second-order valence-corrected chi connectivity index (χ2v) is 5.15. The molecule has 1 aliphatic rings. The molecular weight excluding hydrogens is 246 g/mol. The Balaban J connectivity index is 2.06. The number of rotatable bonds is 4. The molecule has 3 atom stereocenters. The number of nitrogens with zero attached hydrogens (tertiary/aromatic N) is 1. The summed E-state index contributed by atoms with van der Waals surface area (Å²) in [4.78, 5) is 13.2. The summed E-state index contributed by atoms with van der Waals surface area (Å²) in [6.45, 7) is 5.15. The fourth-order valence-corrected chi connectivity index (χ4v) is 2.79. The Bertz CT molecular complexity index is 442. The van der Waals surface area contributed by atoms with Gasteiger partial charge in [-0.3, -0.25) is 4.90 Å². The lowest BCUT2D eigenvalue weighted by Gasteiger charge is -2.40. The van der Waals surface area contributed by atoms with Crippen LogP contribution in [0.15, 0.2) is 16.5 Å². The first-order valence-corrected chi connectivity index (χ1v) is 6.64. The molecule has 1 saturated heterocycles. The first kappa shape index (κ1) is 14.1. The van der Waals surface area contributed by atoms with Crippen LogP contribution >= 0.6 is 0 Å². The number of hydrogen-bond donors (Lipinski definition) is 1. The standard InChI is InChI=1S/C14H21NO4/c1-9-8-11(18-3)6-7-15(9)10(2)12-4-5-13(19-12)14(16)17/h4-5,9-11H,6-8H2,1-3H3,(H,16,17). The van der Waals surface area contributed by atoms with E-state index in [9.17, 15) is 4.79 Å². The minimum Gasteiger partial charge on any atom is -0.475 e. The Morgan fingerprint density at radius 1 is 1.58 bits per heavy atom. The molecule has 1 fully saturated rings. The van der Waals surface area contributed by atoms with Crippen LogP contribution in [0.4, 0.5) is 0 Å². The molecular formula is C14H21NO4. The van der Waals surface area contributed by atoms with E-state index in [1.807, 2.05) is 6.92 Å². The molecule has 2 heterocycles. The lowest BCUT2D eigenvalue weighted by molar-refractivity contribution is -0.00237. The number of ether oxygens (including phenoxy) is 1. The lowest BCUT2D eigenvalue weighted by atomic mass is 9.98. The Morgan fingerprint density at radius 3 is 2.84 bits per heavy atom. The van der Waals surface area contributed by atoms with Crippen molar-refractivity contribution in [1.82, 2.24) is 4.90 Å². The van der Waals surface area contributed by atoms with Gasteiger partial charge in [-0.2, -0.15) is 0 Å². The van der Waals surface area contributed by atoms with Gasteiger partial charge in [-0.25, -0.2) is 4.79 Å². The maximum atomic E-state index is 10.8. The monoisotopic (exact) mass is 267 g/mol. The van der Waals surface area contributed by atoms with Crippen LogP contribution < -0.4 is 0 Å². The average molecular weight is 267 g/mol. The summed E-state index contributed by atoms with van der Waals surface area (Å²) < 4.78 is 10.8. The number of carbonyl (C=O) groups is 1. The number of carboxylic acid groups (broad SMARTS) is 1. The van der Waals surface area contributed by atoms with Crippen LogP contribution in [0.1, 0.15) is 49.0 Å². The third-order valence-corrected chi connectivity index (χ3v) is 3.96. The molecule has 0 saturated carbocycles. The number of carboxylic acids is 1. The van der Waals surface area contributed by atoms with Crippen molar-refractivity contribution in [2.45, 2.75) is 44.9 Å². The first-order chi connectivity index (χ1) is 9.02. The van der Waals surface area contributed by atoms with Gasteiger partial charge in [-0.05, 0) is 38.8 Å². The maximum Gasteiger partial charge on any atom is 0.371 e. The van der Waals surface area contributed by atoms with E-state index in [0.717, 1.165) is 19.4 Å². The van der Waals surface area contributed by atoms with E-state index < -0.39 is 5.97 Å². The van der Waals surface area contributed by atoms with Crippen LogP contribution in [0, 0.1) is 0 Å². The summed E-state index contributed by atoms with van der Waals surface area (Å²) in [6, 6.07) is 3.75. The van der Waals surface area contributed by atoms with Crippen LogP contribution in [0.2, 0.25) is 0 Å². The third-order valence-electron chi connectivity index (χ3n) is 3.96. The van der Waals surface area contributed by atoms with Crippen molar-refractivity contribution in [3.63, 3.8) is 0 Å². The topological polar surface area (TPSA) is 62.9 Å². The van der Waals surface area contributed by atoms with E-state index in [2.05, 4.69) is 11.8 Å². The maximum absolute atomic E-state index is 10.8. The average Bonchev–Trinajstić information content (AvgIpc) is 2.87. The van der Waals surface area contributed by atoms with E-state index in [4.69, 9.17) is 14.3 Å². The van der Waals surface area contributed by atoms with Gasteiger partial charge in [0.1, 0.15) is 5.76 Å². The number of piperidine rings is 1. The van der Waals surface area contributed by atoms with Gasteiger partial charge in [0.25, 0.3) is 0 Å². The Kier molecular flexibility index (Phi) is 4.27. The molecule has 0 aliphatic carbocycles. The van der Waals surface area contributed by atoms with Gasteiger partial charge in [-0.1, -0.05) is 0 Å². The number of furan rings is 1. The molecule has 19 heavy (non-hydrogen) atoms. The van der Waals surface area contributed by atoms with Crippen molar-refractivity contribution in [3.05, 3.63) is 23.7 Å². The molecule has 0 aromatic carbocycles. The highest BCUT2D eigenvalue weighted by molar-refractivity contribution is 5.84. The fourth-order valence-electron chi connectivity index (χ4n) is 2.79. The Hall–Kier alpha value is -1.33. The predicted molar refractivity (Wildman–Crippen MR) is 70.3 cm³/mol. The molecule has 3 unspecified atom stereocenters. The van der Waals surface area contributed by atoms with E-state index >= 15 is 0 Å². The van der Waals surface area contributed by atoms with Crippen LogP contribution in [0.3, 0.4) is 0 Å². The van der Waals surface area contributed by atoms with Crippen molar-refractivity contribution in [3.8, 4) is 0 Å². The van der Waals surface area contributed by atoms with Gasteiger partial charge in [0, 0.05) is 19.7 Å². The van der Waals surface area contributed by atoms with Crippen molar-refractivity contribution in [2.75, 3.05) is 13.7 Å². The quantitative estimate of drug-likeness (QED) is 0.908. The lowest BCUT2D eigenvalue weighted by Crippen LogP contribution is -2.44.